The molecule has 1 aromatic heterocycles. The number of halogens is 1. The number of esters is 1. The zero-order chi connectivity index (χ0) is 18.5. The second-order valence-electron chi connectivity index (χ2n) is 5.08. The van der Waals surface area contributed by atoms with Gasteiger partial charge in [-0.3, -0.25) is 4.79 Å². The van der Waals surface area contributed by atoms with Gasteiger partial charge in [-0.2, -0.15) is 4.99 Å². The van der Waals surface area contributed by atoms with Crippen molar-refractivity contribution in [3.05, 3.63) is 75.0 Å². The maximum absolute atomic E-state index is 12.4. The minimum absolute atomic E-state index is 0.112. The quantitative estimate of drug-likeness (QED) is 0.642. The van der Waals surface area contributed by atoms with Gasteiger partial charge in [-0.05, 0) is 43.3 Å². The molecule has 0 aliphatic carbocycles. The third kappa shape index (κ3) is 4.07. The Hall–Kier alpha value is -2.77. The molecular weight excluding hydrogens is 374 g/mol. The minimum Gasteiger partial charge on any atom is -0.461 e. The van der Waals surface area contributed by atoms with Crippen molar-refractivity contribution in [3.8, 4) is 5.69 Å². The van der Waals surface area contributed by atoms with Gasteiger partial charge < -0.3 is 4.74 Å². The molecule has 3 aromatic rings. The number of carbonyl (C=O) groups is 2. The molecule has 132 valence electrons. The Balaban J connectivity index is 2.10. The van der Waals surface area contributed by atoms with E-state index in [4.69, 9.17) is 16.3 Å². The third-order valence-electron chi connectivity index (χ3n) is 3.30. The van der Waals surface area contributed by atoms with E-state index in [-0.39, 0.29) is 16.4 Å². The summed E-state index contributed by atoms with van der Waals surface area (Å²) in [6.45, 7) is 1.94. The highest BCUT2D eigenvalue weighted by Gasteiger charge is 2.16. The van der Waals surface area contributed by atoms with E-state index in [9.17, 15) is 9.59 Å². The molecule has 0 saturated heterocycles. The second kappa shape index (κ2) is 8.07. The topological polar surface area (TPSA) is 73.5 Å². The molecule has 1 heterocycles. The van der Waals surface area contributed by atoms with E-state index in [1.54, 1.807) is 55.5 Å². The van der Waals surface area contributed by atoms with E-state index in [0.717, 1.165) is 11.3 Å². The van der Waals surface area contributed by atoms with Gasteiger partial charge in [-0.1, -0.05) is 41.1 Å². The lowest BCUT2D eigenvalue weighted by molar-refractivity contribution is 0.0524. The van der Waals surface area contributed by atoms with Gasteiger partial charge in [0.1, 0.15) is 0 Å². The van der Waals surface area contributed by atoms with E-state index < -0.39 is 11.9 Å². The van der Waals surface area contributed by atoms with Crippen molar-refractivity contribution in [1.82, 2.24) is 9.78 Å². The van der Waals surface area contributed by atoms with Gasteiger partial charge in [0.15, 0.2) is 0 Å². The molecule has 0 atom stereocenters. The lowest BCUT2D eigenvalue weighted by Gasteiger charge is -2.01. The van der Waals surface area contributed by atoms with Crippen LogP contribution >= 0.6 is 22.9 Å². The Kier molecular flexibility index (Phi) is 5.60. The first-order valence-electron chi connectivity index (χ1n) is 7.76. The van der Waals surface area contributed by atoms with Crippen LogP contribution in [-0.2, 0) is 4.74 Å². The fourth-order valence-electron chi connectivity index (χ4n) is 2.11. The maximum atomic E-state index is 12.4. The summed E-state index contributed by atoms with van der Waals surface area (Å²) >= 11 is 6.91. The van der Waals surface area contributed by atoms with Gasteiger partial charge in [0.05, 0.1) is 12.3 Å². The highest BCUT2D eigenvalue weighted by Crippen LogP contribution is 2.13. The number of ether oxygens (including phenoxy) is 1. The zero-order valence-corrected chi connectivity index (χ0v) is 15.3. The molecule has 0 fully saturated rings. The average Bonchev–Trinajstić information content (AvgIpc) is 3.07. The van der Waals surface area contributed by atoms with Crippen LogP contribution in [0.5, 0.6) is 0 Å². The van der Waals surface area contributed by atoms with E-state index in [2.05, 4.69) is 10.1 Å². The lowest BCUT2D eigenvalue weighted by atomic mass is 10.2. The van der Waals surface area contributed by atoms with Crippen LogP contribution in [0, 0.1) is 0 Å². The summed E-state index contributed by atoms with van der Waals surface area (Å²) in [5.41, 5.74) is 1.07. The van der Waals surface area contributed by atoms with Crippen molar-refractivity contribution in [2.24, 2.45) is 4.99 Å². The molecule has 6 nitrogen and oxygen atoms in total. The summed E-state index contributed by atoms with van der Waals surface area (Å²) in [7, 11) is 0. The van der Waals surface area contributed by atoms with Crippen LogP contribution < -0.4 is 4.80 Å². The monoisotopic (exact) mass is 387 g/mol. The number of benzene rings is 2. The van der Waals surface area contributed by atoms with Crippen LogP contribution in [0.25, 0.3) is 5.69 Å². The molecule has 0 N–H and O–H groups in total. The smallest absolute Gasteiger partial charge is 0.369 e. The standard InChI is InChI=1S/C18H14ClN3O3S/c1-2-25-17(24)16-21-22(14-10-8-13(19)9-11-14)18(26-16)20-15(23)12-6-4-3-5-7-12/h3-11H,2H2,1H3. The van der Waals surface area contributed by atoms with Crippen molar-refractivity contribution in [2.45, 2.75) is 6.92 Å². The first-order chi connectivity index (χ1) is 12.6. The average molecular weight is 388 g/mol. The van der Waals surface area contributed by atoms with E-state index >= 15 is 0 Å². The number of rotatable bonds is 4. The molecule has 0 radical (unpaired) electrons. The van der Waals surface area contributed by atoms with Crippen molar-refractivity contribution in [1.29, 1.82) is 0 Å². The van der Waals surface area contributed by atoms with Crippen molar-refractivity contribution in [2.75, 3.05) is 6.61 Å². The largest absolute Gasteiger partial charge is 0.461 e. The summed E-state index contributed by atoms with van der Waals surface area (Å²) in [5.74, 6) is -0.985. The van der Waals surface area contributed by atoms with Crippen LogP contribution in [0.1, 0.15) is 27.1 Å². The summed E-state index contributed by atoms with van der Waals surface area (Å²) in [5, 5.41) is 4.92. The third-order valence-corrected chi connectivity index (χ3v) is 4.44. The minimum atomic E-state index is -0.561. The molecule has 0 aliphatic rings. The summed E-state index contributed by atoms with van der Waals surface area (Å²) in [6.07, 6.45) is 0. The zero-order valence-electron chi connectivity index (χ0n) is 13.8. The number of hydrogen-bond donors (Lipinski definition) is 0. The Labute approximate surface area is 158 Å². The normalized spacial score (nSPS) is 11.4. The van der Waals surface area contributed by atoms with Gasteiger partial charge in [0, 0.05) is 10.6 Å². The summed E-state index contributed by atoms with van der Waals surface area (Å²) in [4.78, 5) is 28.8. The second-order valence-corrected chi connectivity index (χ2v) is 6.47. The molecule has 0 saturated carbocycles. The highest BCUT2D eigenvalue weighted by molar-refractivity contribution is 7.10. The van der Waals surface area contributed by atoms with E-state index in [1.165, 1.54) is 4.68 Å². The Bertz CT molecular complexity index is 995. The fourth-order valence-corrected chi connectivity index (χ4v) is 3.04. The number of hydrogen-bond acceptors (Lipinski definition) is 5. The highest BCUT2D eigenvalue weighted by atomic mass is 35.5. The van der Waals surface area contributed by atoms with E-state index in [0.29, 0.717) is 16.3 Å². The SMILES string of the molecule is CCOC(=O)c1nn(-c2ccc(Cl)cc2)c(=NC(=O)c2ccccc2)s1. The first-order valence-corrected chi connectivity index (χ1v) is 8.95. The molecule has 3 rings (SSSR count). The molecule has 0 bridgehead atoms. The Morgan fingerprint density at radius 3 is 2.50 bits per heavy atom. The van der Waals surface area contributed by atoms with Crippen LogP contribution in [0.4, 0.5) is 0 Å². The molecule has 0 aliphatic heterocycles. The number of carbonyl (C=O) groups excluding carboxylic acids is 2. The predicted molar refractivity (Wildman–Crippen MR) is 98.7 cm³/mol. The molecule has 8 heteroatoms. The summed E-state index contributed by atoms with van der Waals surface area (Å²) < 4.78 is 6.41. The van der Waals surface area contributed by atoms with Crippen molar-refractivity contribution in [3.63, 3.8) is 0 Å². The molecule has 0 unspecified atom stereocenters. The van der Waals surface area contributed by atoms with Crippen LogP contribution in [0.2, 0.25) is 5.02 Å². The summed E-state index contributed by atoms with van der Waals surface area (Å²) in [6, 6.07) is 15.5. The maximum Gasteiger partial charge on any atom is 0.369 e. The molecular formula is C18H14ClN3O3S. The van der Waals surface area contributed by atoms with Gasteiger partial charge >= 0.3 is 5.97 Å². The van der Waals surface area contributed by atoms with Crippen LogP contribution in [-0.4, -0.2) is 28.3 Å². The Morgan fingerprint density at radius 1 is 1.15 bits per heavy atom. The molecule has 2 aromatic carbocycles. The van der Waals surface area contributed by atoms with Crippen molar-refractivity contribution >= 4 is 34.8 Å². The number of amides is 1. The lowest BCUT2D eigenvalue weighted by Crippen LogP contribution is -2.16. The van der Waals surface area contributed by atoms with Gasteiger partial charge in [-0.25, -0.2) is 9.48 Å². The van der Waals surface area contributed by atoms with Gasteiger partial charge in [-0.15, -0.1) is 5.10 Å². The van der Waals surface area contributed by atoms with Crippen LogP contribution in [0.3, 0.4) is 0 Å². The predicted octanol–water partition coefficient (Wildman–Crippen LogP) is 3.51. The number of nitrogens with zero attached hydrogens (tertiary/aromatic N) is 3. The molecule has 26 heavy (non-hydrogen) atoms. The number of aromatic nitrogens is 2. The van der Waals surface area contributed by atoms with Gasteiger partial charge in [0.25, 0.3) is 5.91 Å². The Morgan fingerprint density at radius 2 is 1.85 bits per heavy atom. The van der Waals surface area contributed by atoms with Crippen molar-refractivity contribution < 1.29 is 14.3 Å². The van der Waals surface area contributed by atoms with Gasteiger partial charge in [0.2, 0.25) is 9.81 Å². The van der Waals surface area contributed by atoms with E-state index in [1.807, 2.05) is 6.07 Å². The molecule has 0 spiro atoms. The van der Waals surface area contributed by atoms with Crippen LogP contribution in [0.15, 0.2) is 59.6 Å². The molecule has 1 amide bonds. The first kappa shape index (κ1) is 18.0. The fraction of sp³-hybridized carbons (Fsp3) is 0.111.